The Labute approximate surface area is 266 Å². The molecule has 0 amide bonds. The van der Waals surface area contributed by atoms with Crippen LogP contribution in [0.5, 0.6) is 11.9 Å². The summed E-state index contributed by atoms with van der Waals surface area (Å²) in [6.45, 7) is 5.34. The Morgan fingerprint density at radius 2 is 1.56 bits per heavy atom. The summed E-state index contributed by atoms with van der Waals surface area (Å²) >= 11 is 0. The van der Waals surface area contributed by atoms with E-state index in [0.29, 0.717) is 61.0 Å². The molecule has 0 bridgehead atoms. The molecule has 45 heavy (non-hydrogen) atoms. The summed E-state index contributed by atoms with van der Waals surface area (Å²) in [6.07, 6.45) is 10.9. The first kappa shape index (κ1) is 29.7. The summed E-state index contributed by atoms with van der Waals surface area (Å²) in [6, 6.07) is 20.1. The molecule has 3 aromatic rings. The van der Waals surface area contributed by atoms with Crippen LogP contribution in [-0.2, 0) is 18.0 Å². The van der Waals surface area contributed by atoms with Crippen molar-refractivity contribution >= 4 is 5.78 Å². The van der Waals surface area contributed by atoms with Gasteiger partial charge in [0.1, 0.15) is 24.4 Å². The van der Waals surface area contributed by atoms with E-state index < -0.39 is 5.60 Å². The van der Waals surface area contributed by atoms with Gasteiger partial charge >= 0.3 is 6.01 Å². The van der Waals surface area contributed by atoms with E-state index in [1.165, 1.54) is 5.57 Å². The van der Waals surface area contributed by atoms with Crippen LogP contribution >= 0.6 is 0 Å². The Bertz CT molecular complexity index is 1660. The van der Waals surface area contributed by atoms with Gasteiger partial charge in [0.05, 0.1) is 6.20 Å². The third kappa shape index (κ3) is 5.46. The number of hydrogen-bond donors (Lipinski definition) is 1. The van der Waals surface area contributed by atoms with Gasteiger partial charge in [-0.2, -0.15) is 4.98 Å². The van der Waals surface area contributed by atoms with Gasteiger partial charge in [0, 0.05) is 11.8 Å². The highest BCUT2D eigenvalue weighted by Gasteiger charge is 2.63. The average molecular weight is 603 g/mol. The summed E-state index contributed by atoms with van der Waals surface area (Å²) in [7, 11) is 0. The van der Waals surface area contributed by atoms with Crippen LogP contribution in [0.25, 0.3) is 0 Å². The molecule has 3 fully saturated rings. The first-order chi connectivity index (χ1) is 21.8. The minimum Gasteiger partial charge on any atom is -0.472 e. The van der Waals surface area contributed by atoms with Gasteiger partial charge in [0.15, 0.2) is 5.78 Å². The van der Waals surface area contributed by atoms with Crippen LogP contribution < -0.4 is 9.47 Å². The Kier molecular flexibility index (Phi) is 7.78. The molecule has 3 saturated carbocycles. The van der Waals surface area contributed by atoms with Crippen molar-refractivity contribution in [3.8, 4) is 23.7 Å². The number of allylic oxidation sites excluding steroid dienone is 1. The van der Waals surface area contributed by atoms with Crippen LogP contribution in [0.3, 0.4) is 0 Å². The molecular weight excluding hydrogens is 560 g/mol. The standard InChI is InChI=1S/C39H42N2O4/c1-37-19-16-31(42)23-30(37)13-14-32-33(37)17-20-38(2)34(32)18-22-39(38,43)21-15-29-24-40-36(45-26-28-11-7-4-8-12-28)41-35(29)44-25-27-9-5-3-6-10-27/h3-12,23-24,32-34,43H,13-14,16-20,22,25-26H2,1-2H3/t32-,33+,34+,37+,38+,39+/m1/s1. The summed E-state index contributed by atoms with van der Waals surface area (Å²) in [4.78, 5) is 21.3. The zero-order chi connectivity index (χ0) is 31.1. The van der Waals surface area contributed by atoms with Crippen LogP contribution in [0.2, 0.25) is 0 Å². The fourth-order valence-corrected chi connectivity index (χ4v) is 9.02. The van der Waals surface area contributed by atoms with E-state index >= 15 is 0 Å². The Morgan fingerprint density at radius 1 is 0.867 bits per heavy atom. The first-order valence-electron chi connectivity index (χ1n) is 16.5. The van der Waals surface area contributed by atoms with Crippen molar-refractivity contribution < 1.29 is 19.4 Å². The molecule has 1 aromatic heterocycles. The summed E-state index contributed by atoms with van der Waals surface area (Å²) in [5.41, 5.74) is 2.65. The quantitative estimate of drug-likeness (QED) is 0.300. The normalized spacial score (nSPS) is 31.8. The van der Waals surface area contributed by atoms with Crippen LogP contribution in [0.4, 0.5) is 0 Å². The maximum atomic E-state index is 12.3. The monoisotopic (exact) mass is 602 g/mol. The van der Waals surface area contributed by atoms with Crippen molar-refractivity contribution in [1.29, 1.82) is 0 Å². The molecule has 6 atom stereocenters. The molecule has 6 nitrogen and oxygen atoms in total. The smallest absolute Gasteiger partial charge is 0.320 e. The van der Waals surface area contributed by atoms with Gasteiger partial charge in [0.2, 0.25) is 5.88 Å². The van der Waals surface area contributed by atoms with E-state index in [0.717, 1.165) is 49.7 Å². The summed E-state index contributed by atoms with van der Waals surface area (Å²) < 4.78 is 12.1. The highest BCUT2D eigenvalue weighted by molar-refractivity contribution is 5.91. The Balaban J connectivity index is 1.14. The molecule has 0 saturated heterocycles. The lowest BCUT2D eigenvalue weighted by atomic mass is 9.46. The van der Waals surface area contributed by atoms with Crippen molar-refractivity contribution in [3.05, 3.63) is 95.2 Å². The van der Waals surface area contributed by atoms with Gasteiger partial charge in [0.25, 0.3) is 0 Å². The van der Waals surface area contributed by atoms with Crippen LogP contribution in [-0.4, -0.2) is 26.5 Å². The predicted octanol–water partition coefficient (Wildman–Crippen LogP) is 7.25. The number of aromatic nitrogens is 2. The molecule has 0 aliphatic heterocycles. The summed E-state index contributed by atoms with van der Waals surface area (Å²) in [5.74, 6) is 8.77. The molecular formula is C39H42N2O4. The number of ether oxygens (including phenoxy) is 2. The van der Waals surface area contributed by atoms with Gasteiger partial charge in [-0.15, -0.1) is 0 Å². The molecule has 6 heteroatoms. The number of carbonyl (C=O) groups is 1. The van der Waals surface area contributed by atoms with Gasteiger partial charge in [-0.3, -0.25) is 4.79 Å². The van der Waals surface area contributed by atoms with Crippen molar-refractivity contribution in [2.24, 2.45) is 28.6 Å². The van der Waals surface area contributed by atoms with Crippen molar-refractivity contribution in [2.45, 2.75) is 84.0 Å². The minimum absolute atomic E-state index is 0.108. The minimum atomic E-state index is -1.11. The third-order valence-corrected chi connectivity index (χ3v) is 11.7. The van der Waals surface area contributed by atoms with E-state index in [1.807, 2.05) is 66.7 Å². The molecule has 232 valence electrons. The lowest BCUT2D eigenvalue weighted by Gasteiger charge is -2.58. The third-order valence-electron chi connectivity index (χ3n) is 11.7. The van der Waals surface area contributed by atoms with E-state index in [4.69, 9.17) is 9.47 Å². The summed E-state index contributed by atoms with van der Waals surface area (Å²) in [5, 5.41) is 12.3. The van der Waals surface area contributed by atoms with E-state index in [9.17, 15) is 9.90 Å². The van der Waals surface area contributed by atoms with Gasteiger partial charge in [-0.25, -0.2) is 4.98 Å². The zero-order valence-corrected chi connectivity index (χ0v) is 26.3. The van der Waals surface area contributed by atoms with Gasteiger partial charge in [-0.1, -0.05) is 91.9 Å². The fourth-order valence-electron chi connectivity index (χ4n) is 9.02. The maximum Gasteiger partial charge on any atom is 0.320 e. The Hall–Kier alpha value is -3.95. The number of benzene rings is 2. The molecule has 1 heterocycles. The maximum absolute atomic E-state index is 12.3. The van der Waals surface area contributed by atoms with E-state index in [1.54, 1.807) is 6.20 Å². The molecule has 0 spiro atoms. The number of aliphatic hydroxyl groups is 1. The van der Waals surface area contributed by atoms with Crippen LogP contribution in [0.15, 0.2) is 78.5 Å². The molecule has 4 aliphatic carbocycles. The number of nitrogens with zero attached hydrogens (tertiary/aromatic N) is 2. The second-order valence-corrected chi connectivity index (χ2v) is 14.0. The van der Waals surface area contributed by atoms with Crippen molar-refractivity contribution in [1.82, 2.24) is 9.97 Å². The molecule has 7 rings (SSSR count). The molecule has 1 N–H and O–H groups in total. The van der Waals surface area contributed by atoms with Crippen molar-refractivity contribution in [2.75, 3.05) is 0 Å². The first-order valence-corrected chi connectivity index (χ1v) is 16.5. The second kappa shape index (κ2) is 11.8. The number of carbonyl (C=O) groups excluding carboxylic acids is 1. The largest absolute Gasteiger partial charge is 0.472 e. The topological polar surface area (TPSA) is 81.5 Å². The number of ketones is 1. The van der Waals surface area contributed by atoms with Gasteiger partial charge < -0.3 is 14.6 Å². The highest BCUT2D eigenvalue weighted by Crippen LogP contribution is 2.67. The van der Waals surface area contributed by atoms with E-state index in [-0.39, 0.29) is 16.8 Å². The zero-order valence-electron chi connectivity index (χ0n) is 26.3. The Morgan fingerprint density at radius 3 is 2.29 bits per heavy atom. The molecule has 4 aliphatic rings. The predicted molar refractivity (Wildman–Crippen MR) is 172 cm³/mol. The number of fused-ring (bicyclic) bond motifs is 5. The SMILES string of the molecule is C[C@]12CCC(=O)C=C1CC[C@@H]1[C@@H]2CC[C@@]2(C)[C@H]1CC[C@@]2(O)C#Cc1cnc(OCc2ccccc2)nc1OCc1ccccc1. The lowest BCUT2D eigenvalue weighted by Crippen LogP contribution is -2.54. The lowest BCUT2D eigenvalue weighted by molar-refractivity contribution is -0.119. The highest BCUT2D eigenvalue weighted by atomic mass is 16.5. The van der Waals surface area contributed by atoms with Crippen LogP contribution in [0.1, 0.15) is 81.9 Å². The second-order valence-electron chi connectivity index (χ2n) is 14.0. The number of hydrogen-bond acceptors (Lipinski definition) is 6. The molecule has 2 aromatic carbocycles. The number of rotatable bonds is 6. The van der Waals surface area contributed by atoms with Gasteiger partial charge in [-0.05, 0) is 85.3 Å². The van der Waals surface area contributed by atoms with E-state index in [2.05, 4.69) is 35.7 Å². The van der Waals surface area contributed by atoms with Crippen LogP contribution in [0, 0.1) is 40.4 Å². The molecule has 0 unspecified atom stereocenters. The average Bonchev–Trinajstić information content (AvgIpc) is 3.33. The fraction of sp³-hybridized carbons (Fsp3) is 0.462. The van der Waals surface area contributed by atoms with Crippen molar-refractivity contribution in [3.63, 3.8) is 0 Å². The molecule has 0 radical (unpaired) electrons.